The van der Waals surface area contributed by atoms with Crippen LogP contribution in [0.4, 0.5) is 0 Å². The summed E-state index contributed by atoms with van der Waals surface area (Å²) in [6.45, 7) is 37.0. The van der Waals surface area contributed by atoms with Crippen LogP contribution in [0.15, 0.2) is 0 Å². The fraction of sp³-hybridized carbons (Fsp3) is 1.00. The third-order valence-corrected chi connectivity index (χ3v) is 9.41. The van der Waals surface area contributed by atoms with Gasteiger partial charge in [0, 0.05) is 38.3 Å². The number of likely N-dealkylation sites (N-methyl/N-ethyl adjacent to an activating group) is 4. The van der Waals surface area contributed by atoms with Crippen molar-refractivity contribution in [2.45, 2.75) is 111 Å². The fourth-order valence-electron chi connectivity index (χ4n) is 5.25. The van der Waals surface area contributed by atoms with E-state index in [1.807, 2.05) is 70.5 Å². The minimum Gasteiger partial charge on any atom is -0.379 e. The van der Waals surface area contributed by atoms with Crippen LogP contribution in [-0.2, 0) is 14.2 Å². The van der Waals surface area contributed by atoms with Crippen molar-refractivity contribution in [2.75, 3.05) is 235 Å². The van der Waals surface area contributed by atoms with E-state index in [1.165, 1.54) is 84.0 Å². The molecule has 0 fully saturated rings. The monoisotopic (exact) mass is 1020 g/mol. The van der Waals surface area contributed by atoms with Gasteiger partial charge in [-0.15, -0.1) is 0 Å². The highest BCUT2D eigenvalue weighted by Gasteiger charge is 1.96. The van der Waals surface area contributed by atoms with Crippen LogP contribution < -0.4 is 74.4 Å². The lowest BCUT2D eigenvalue weighted by Gasteiger charge is -2.15. The number of rotatable bonds is 46. The number of nitrogens with one attached hydrogen (secondary N) is 14. The Labute approximate surface area is 438 Å². The highest BCUT2D eigenvalue weighted by atomic mass is 16.5. The van der Waals surface area contributed by atoms with Crippen LogP contribution in [0, 0.1) is 0 Å². The molecule has 0 aromatic rings. The van der Waals surface area contributed by atoms with Crippen molar-refractivity contribution in [1.29, 1.82) is 0 Å². The van der Waals surface area contributed by atoms with E-state index in [9.17, 15) is 0 Å². The molecule has 18 heteroatoms. The molecule has 0 amide bonds. The molecule has 0 rings (SSSR count). The molecule has 0 heterocycles. The molecule has 0 aliphatic heterocycles. The molecule has 14 N–H and O–H groups in total. The van der Waals surface area contributed by atoms with Crippen molar-refractivity contribution in [1.82, 2.24) is 79.3 Å². The maximum Gasteiger partial charge on any atom is 0.0701 e. The first kappa shape index (κ1) is 83.3. The summed E-state index contributed by atoms with van der Waals surface area (Å²) < 4.78 is 15.7. The molecular formula is C52H133N15O3. The second-order valence-electron chi connectivity index (χ2n) is 17.3. The molecule has 434 valence electrons. The maximum absolute atomic E-state index is 5.25. The van der Waals surface area contributed by atoms with Gasteiger partial charge in [0.2, 0.25) is 0 Å². The normalized spacial score (nSPS) is 10.5. The molecule has 0 radical (unpaired) electrons. The predicted molar refractivity (Wildman–Crippen MR) is 314 cm³/mol. The lowest BCUT2D eigenvalue weighted by molar-refractivity contribution is 0.0508. The average Bonchev–Trinajstić information content (AvgIpc) is 3.35. The summed E-state index contributed by atoms with van der Waals surface area (Å²) in [7, 11) is 21.8. The zero-order chi connectivity index (χ0) is 54.1. The van der Waals surface area contributed by atoms with Gasteiger partial charge in [0.25, 0.3) is 0 Å². The van der Waals surface area contributed by atoms with Gasteiger partial charge in [-0.05, 0) is 214 Å². The number of nitrogens with zero attached hydrogens (tertiary/aromatic N) is 1. The van der Waals surface area contributed by atoms with Crippen molar-refractivity contribution in [3.63, 3.8) is 0 Å². The Kier molecular flexibility index (Phi) is 108. The van der Waals surface area contributed by atoms with Crippen LogP contribution in [0.5, 0.6) is 0 Å². The maximum atomic E-state index is 5.25. The first-order chi connectivity index (χ1) is 34.0. The van der Waals surface area contributed by atoms with Crippen LogP contribution >= 0.6 is 0 Å². The Morgan fingerprint density at radius 2 is 0.557 bits per heavy atom. The SMILES string of the molecule is CC(C)NCCCNC(C)C.CCNCCCNCC.CNCCCCCCNC.CNCCCN(C)CCCNC.CNCCCNC.CNCCOCCNC.CNCCOCCOCCNC. The molecule has 0 atom stereocenters. The van der Waals surface area contributed by atoms with Crippen LogP contribution in [0.3, 0.4) is 0 Å². The van der Waals surface area contributed by atoms with Crippen molar-refractivity contribution in [3.05, 3.63) is 0 Å². The number of hydrogen-bond acceptors (Lipinski definition) is 18. The second kappa shape index (κ2) is 91.0. The number of unbranched alkanes of at least 4 members (excludes halogenated alkanes) is 3. The predicted octanol–water partition coefficient (Wildman–Crippen LogP) is 1.81. The van der Waals surface area contributed by atoms with Gasteiger partial charge in [0.15, 0.2) is 0 Å². The van der Waals surface area contributed by atoms with Gasteiger partial charge in [0.1, 0.15) is 0 Å². The van der Waals surface area contributed by atoms with Crippen LogP contribution in [0.25, 0.3) is 0 Å². The van der Waals surface area contributed by atoms with E-state index >= 15 is 0 Å². The van der Waals surface area contributed by atoms with Gasteiger partial charge in [-0.25, -0.2) is 0 Å². The summed E-state index contributed by atoms with van der Waals surface area (Å²) in [4.78, 5) is 2.38. The summed E-state index contributed by atoms with van der Waals surface area (Å²) in [5.41, 5.74) is 0. The van der Waals surface area contributed by atoms with E-state index < -0.39 is 0 Å². The molecule has 70 heavy (non-hydrogen) atoms. The third-order valence-electron chi connectivity index (χ3n) is 9.41. The van der Waals surface area contributed by atoms with Crippen molar-refractivity contribution in [2.24, 2.45) is 0 Å². The van der Waals surface area contributed by atoms with Crippen molar-refractivity contribution < 1.29 is 14.2 Å². The molecular weight excluding hydrogens is 883 g/mol. The molecule has 0 saturated carbocycles. The van der Waals surface area contributed by atoms with Gasteiger partial charge < -0.3 is 93.5 Å². The van der Waals surface area contributed by atoms with Gasteiger partial charge in [0.05, 0.1) is 39.6 Å². The van der Waals surface area contributed by atoms with Gasteiger partial charge in [-0.2, -0.15) is 0 Å². The molecule has 0 aliphatic rings. The Hall–Kier alpha value is -0.720. The zero-order valence-corrected chi connectivity index (χ0v) is 50.2. The van der Waals surface area contributed by atoms with E-state index in [1.54, 1.807) is 0 Å². The third kappa shape index (κ3) is 122. The first-order valence-corrected chi connectivity index (χ1v) is 27.8. The average molecular weight is 1020 g/mol. The minimum atomic E-state index is 0.619. The summed E-state index contributed by atoms with van der Waals surface area (Å²) in [5.74, 6) is 0. The summed E-state index contributed by atoms with van der Waals surface area (Å²) in [6, 6.07) is 1.24. The van der Waals surface area contributed by atoms with Crippen LogP contribution in [-0.4, -0.2) is 252 Å². The largest absolute Gasteiger partial charge is 0.379 e. The standard InChI is InChI=1S/C9H23N3.C9H22N2.C8H20N2O2.C8H20N2.C7H18N2.C6H16N2O.C5H14N2/c1-10-6-4-8-12(3)9-5-7-11-2;1-8(2)10-6-5-7-11-9(3)4;1-9-3-5-11-7-8-12-6-4-10-2;1-9-7-5-3-4-6-8-10-2;1-3-8-6-5-7-9-4-2;1-7-3-5-9-6-4-8-2;1-6-4-3-5-7-2/h10-11H,4-9H2,1-3H3;8-11H,5-7H2,1-4H3;9-10H,3-8H2,1-2H3;9-10H,3-8H2,1-2H3;8-9H,3-7H2,1-2H3;7-8H,3-6H2,1-2H3;6-7H,3-5H2,1-2H3. The smallest absolute Gasteiger partial charge is 0.0701 e. The number of ether oxygens (including phenoxy) is 3. The topological polar surface area (TPSA) is 199 Å². The van der Waals surface area contributed by atoms with Crippen LogP contribution in [0.2, 0.25) is 0 Å². The highest BCUT2D eigenvalue weighted by Crippen LogP contribution is 1.96. The molecule has 0 aromatic carbocycles. The molecule has 18 nitrogen and oxygen atoms in total. The van der Waals surface area contributed by atoms with E-state index in [2.05, 4.69) is 128 Å². The quantitative estimate of drug-likeness (QED) is 0.0394. The van der Waals surface area contributed by atoms with Crippen LogP contribution in [0.1, 0.15) is 99.3 Å². The van der Waals surface area contributed by atoms with Gasteiger partial charge in [-0.1, -0.05) is 54.4 Å². The molecule has 0 aromatic heterocycles. The second-order valence-corrected chi connectivity index (χ2v) is 17.3. The lowest BCUT2D eigenvalue weighted by Crippen LogP contribution is -2.29. The Morgan fingerprint density at radius 3 is 0.843 bits per heavy atom. The number of hydrogen-bond donors (Lipinski definition) is 14. The Morgan fingerprint density at radius 1 is 0.300 bits per heavy atom. The summed E-state index contributed by atoms with van der Waals surface area (Å²) >= 11 is 0. The van der Waals surface area contributed by atoms with Crippen molar-refractivity contribution in [3.8, 4) is 0 Å². The molecule has 0 bridgehead atoms. The van der Waals surface area contributed by atoms with E-state index in [0.29, 0.717) is 25.3 Å². The van der Waals surface area contributed by atoms with E-state index in [0.717, 1.165) is 118 Å². The van der Waals surface area contributed by atoms with Crippen molar-refractivity contribution >= 4 is 0 Å². The van der Waals surface area contributed by atoms with E-state index in [-0.39, 0.29) is 0 Å². The first-order valence-electron chi connectivity index (χ1n) is 27.8. The summed E-state index contributed by atoms with van der Waals surface area (Å²) in [6.07, 6.45) is 11.5. The molecule has 0 saturated heterocycles. The summed E-state index contributed by atoms with van der Waals surface area (Å²) in [5, 5.41) is 44.0. The zero-order valence-electron chi connectivity index (χ0n) is 50.2. The highest BCUT2D eigenvalue weighted by molar-refractivity contribution is 4.57. The lowest BCUT2D eigenvalue weighted by atomic mass is 10.2. The Bertz CT molecular complexity index is 691. The molecule has 0 spiro atoms. The molecule has 0 unspecified atom stereocenters. The Balaban J connectivity index is -0.000000133. The fourth-order valence-corrected chi connectivity index (χ4v) is 5.25. The van der Waals surface area contributed by atoms with Gasteiger partial charge >= 0.3 is 0 Å². The minimum absolute atomic E-state index is 0.619. The van der Waals surface area contributed by atoms with E-state index in [4.69, 9.17) is 14.2 Å². The van der Waals surface area contributed by atoms with Gasteiger partial charge in [-0.3, -0.25) is 0 Å². The molecule has 0 aliphatic carbocycles.